The topological polar surface area (TPSA) is 64.9 Å². The van der Waals surface area contributed by atoms with E-state index >= 15 is 0 Å². The lowest BCUT2D eigenvalue weighted by atomic mass is 10.2. The first-order valence-electron chi connectivity index (χ1n) is 3.75. The van der Waals surface area contributed by atoms with Crippen molar-refractivity contribution in [1.82, 2.24) is 5.32 Å². The number of carbonyl (C=O) groups is 1. The third kappa shape index (κ3) is 2.83. The second kappa shape index (κ2) is 4.12. The van der Waals surface area contributed by atoms with Crippen LogP contribution in [-0.2, 0) is 0 Å². The zero-order chi connectivity index (χ0) is 9.68. The monoisotopic (exact) mass is 175 g/mol. The normalized spacial score (nSPS) is 8.62. The molecule has 0 fully saturated rings. The number of aryl methyl sites for hydroxylation is 1. The standard InChI is InChI=1S/C9H9N3O/c1-7-3-2-4-8(5-7)12-9(13)11-6-10/h2-5H,1H3,(H2,11,12,13). The number of benzene rings is 1. The van der Waals surface area contributed by atoms with E-state index in [1.807, 2.05) is 30.4 Å². The number of nitrogens with one attached hydrogen (secondary N) is 2. The Balaban J connectivity index is 2.65. The van der Waals surface area contributed by atoms with Gasteiger partial charge in [-0.05, 0) is 24.6 Å². The van der Waals surface area contributed by atoms with E-state index in [-0.39, 0.29) is 0 Å². The van der Waals surface area contributed by atoms with Gasteiger partial charge in [-0.3, -0.25) is 0 Å². The first-order valence-corrected chi connectivity index (χ1v) is 3.75. The van der Waals surface area contributed by atoms with Crippen molar-refractivity contribution in [3.8, 4) is 6.19 Å². The van der Waals surface area contributed by atoms with Gasteiger partial charge in [0.25, 0.3) is 0 Å². The molecule has 0 atom stereocenters. The van der Waals surface area contributed by atoms with E-state index in [9.17, 15) is 4.79 Å². The number of urea groups is 1. The molecule has 2 amide bonds. The summed E-state index contributed by atoms with van der Waals surface area (Å²) in [5, 5.41) is 12.6. The molecule has 0 aromatic heterocycles. The van der Waals surface area contributed by atoms with Crippen LogP contribution in [-0.4, -0.2) is 6.03 Å². The molecular weight excluding hydrogens is 166 g/mol. The van der Waals surface area contributed by atoms with E-state index in [1.54, 1.807) is 12.3 Å². The molecule has 0 aliphatic carbocycles. The predicted molar refractivity (Wildman–Crippen MR) is 48.9 cm³/mol. The minimum absolute atomic E-state index is 0.520. The highest BCUT2D eigenvalue weighted by Crippen LogP contribution is 2.08. The molecule has 0 spiro atoms. The van der Waals surface area contributed by atoms with Crippen LogP contribution in [0.4, 0.5) is 10.5 Å². The first kappa shape index (κ1) is 9.07. The van der Waals surface area contributed by atoms with Gasteiger partial charge in [0.15, 0.2) is 6.19 Å². The number of nitriles is 1. The fraction of sp³-hybridized carbons (Fsp3) is 0.111. The van der Waals surface area contributed by atoms with Crippen molar-refractivity contribution in [2.24, 2.45) is 0 Å². The van der Waals surface area contributed by atoms with Crippen molar-refractivity contribution in [2.45, 2.75) is 6.92 Å². The maximum atomic E-state index is 10.9. The highest BCUT2D eigenvalue weighted by Gasteiger charge is 1.98. The molecule has 13 heavy (non-hydrogen) atoms. The van der Waals surface area contributed by atoms with Crippen LogP contribution in [0.1, 0.15) is 5.56 Å². The Morgan fingerprint density at radius 3 is 2.92 bits per heavy atom. The van der Waals surface area contributed by atoms with Crippen LogP contribution >= 0.6 is 0 Å². The molecule has 0 bridgehead atoms. The third-order valence-corrected chi connectivity index (χ3v) is 1.45. The fourth-order valence-corrected chi connectivity index (χ4v) is 0.936. The van der Waals surface area contributed by atoms with Crippen molar-refractivity contribution in [2.75, 3.05) is 5.32 Å². The number of hydrogen-bond donors (Lipinski definition) is 2. The van der Waals surface area contributed by atoms with Crippen LogP contribution in [0.25, 0.3) is 0 Å². The predicted octanol–water partition coefficient (Wildman–Crippen LogP) is 1.60. The van der Waals surface area contributed by atoms with Crippen molar-refractivity contribution in [1.29, 1.82) is 5.26 Å². The Kier molecular flexibility index (Phi) is 2.87. The van der Waals surface area contributed by atoms with Gasteiger partial charge in [-0.25, -0.2) is 10.1 Å². The summed E-state index contributed by atoms with van der Waals surface area (Å²) in [6, 6.07) is 6.80. The lowest BCUT2D eigenvalue weighted by Crippen LogP contribution is -2.23. The van der Waals surface area contributed by atoms with Gasteiger partial charge >= 0.3 is 6.03 Å². The molecule has 4 nitrogen and oxygen atoms in total. The van der Waals surface area contributed by atoms with Crippen molar-refractivity contribution in [3.05, 3.63) is 29.8 Å². The highest BCUT2D eigenvalue weighted by molar-refractivity contribution is 5.90. The summed E-state index contributed by atoms with van der Waals surface area (Å²) in [7, 11) is 0. The number of amides is 2. The molecule has 1 rings (SSSR count). The largest absolute Gasteiger partial charge is 0.332 e. The number of hydrogen-bond acceptors (Lipinski definition) is 2. The smallest absolute Gasteiger partial charge is 0.307 e. The highest BCUT2D eigenvalue weighted by atomic mass is 16.2. The summed E-state index contributed by atoms with van der Waals surface area (Å²) >= 11 is 0. The molecule has 2 N–H and O–H groups in total. The van der Waals surface area contributed by atoms with Crippen LogP contribution in [0.15, 0.2) is 24.3 Å². The van der Waals surface area contributed by atoms with Crippen LogP contribution in [0.3, 0.4) is 0 Å². The second-order valence-corrected chi connectivity index (χ2v) is 2.56. The second-order valence-electron chi connectivity index (χ2n) is 2.56. The minimum atomic E-state index is -0.520. The van der Waals surface area contributed by atoms with E-state index in [0.717, 1.165) is 5.56 Å². The van der Waals surface area contributed by atoms with Gasteiger partial charge in [0.2, 0.25) is 0 Å². The Labute approximate surface area is 76.2 Å². The van der Waals surface area contributed by atoms with Gasteiger partial charge in [0, 0.05) is 5.69 Å². The Morgan fingerprint density at radius 1 is 1.54 bits per heavy atom. The van der Waals surface area contributed by atoms with Crippen LogP contribution < -0.4 is 10.6 Å². The number of rotatable bonds is 1. The van der Waals surface area contributed by atoms with Crippen LogP contribution in [0.5, 0.6) is 0 Å². The van der Waals surface area contributed by atoms with E-state index in [2.05, 4.69) is 5.32 Å². The molecule has 4 heteroatoms. The summed E-state index contributed by atoms with van der Waals surface area (Å²) in [6.45, 7) is 1.92. The molecule has 0 aliphatic rings. The molecular formula is C9H9N3O. The maximum absolute atomic E-state index is 10.9. The average Bonchev–Trinajstić information content (AvgIpc) is 2.04. The summed E-state index contributed by atoms with van der Waals surface area (Å²) in [4.78, 5) is 10.9. The summed E-state index contributed by atoms with van der Waals surface area (Å²) in [6.07, 6.45) is 1.54. The van der Waals surface area contributed by atoms with Gasteiger partial charge in [-0.1, -0.05) is 12.1 Å². The molecule has 0 saturated carbocycles. The van der Waals surface area contributed by atoms with Crippen LogP contribution in [0, 0.1) is 18.4 Å². The zero-order valence-corrected chi connectivity index (χ0v) is 7.16. The molecule has 0 radical (unpaired) electrons. The van der Waals surface area contributed by atoms with Crippen LogP contribution in [0.2, 0.25) is 0 Å². The third-order valence-electron chi connectivity index (χ3n) is 1.45. The molecule has 66 valence electrons. The summed E-state index contributed by atoms with van der Waals surface area (Å²) in [5.74, 6) is 0. The Bertz CT molecular complexity index is 354. The average molecular weight is 175 g/mol. The summed E-state index contributed by atoms with van der Waals surface area (Å²) < 4.78 is 0. The van der Waals surface area contributed by atoms with Gasteiger partial charge < -0.3 is 5.32 Å². The number of anilines is 1. The zero-order valence-electron chi connectivity index (χ0n) is 7.16. The quantitative estimate of drug-likeness (QED) is 0.503. The van der Waals surface area contributed by atoms with Gasteiger partial charge in [0.1, 0.15) is 0 Å². The van der Waals surface area contributed by atoms with E-state index < -0.39 is 6.03 Å². The Hall–Kier alpha value is -2.02. The number of nitrogens with zero attached hydrogens (tertiary/aromatic N) is 1. The molecule has 0 saturated heterocycles. The molecule has 0 unspecified atom stereocenters. The lowest BCUT2D eigenvalue weighted by molar-refractivity contribution is 0.255. The van der Waals surface area contributed by atoms with E-state index in [4.69, 9.17) is 5.26 Å². The van der Waals surface area contributed by atoms with Crippen molar-refractivity contribution < 1.29 is 4.79 Å². The molecule has 0 heterocycles. The minimum Gasteiger partial charge on any atom is -0.307 e. The SMILES string of the molecule is Cc1cccc(NC(=O)NC#N)c1. The molecule has 1 aromatic carbocycles. The molecule has 1 aromatic rings. The first-order chi connectivity index (χ1) is 6.22. The lowest BCUT2D eigenvalue weighted by Gasteiger charge is -2.02. The van der Waals surface area contributed by atoms with Crippen molar-refractivity contribution in [3.63, 3.8) is 0 Å². The fourth-order valence-electron chi connectivity index (χ4n) is 0.936. The van der Waals surface area contributed by atoms with Crippen molar-refractivity contribution >= 4 is 11.7 Å². The molecule has 0 aliphatic heterocycles. The van der Waals surface area contributed by atoms with Gasteiger partial charge in [-0.15, -0.1) is 0 Å². The maximum Gasteiger partial charge on any atom is 0.332 e. The number of carbonyl (C=O) groups excluding carboxylic acids is 1. The summed E-state index contributed by atoms with van der Waals surface area (Å²) in [5.41, 5.74) is 1.72. The van der Waals surface area contributed by atoms with Gasteiger partial charge in [-0.2, -0.15) is 5.26 Å². The van der Waals surface area contributed by atoms with E-state index in [0.29, 0.717) is 5.69 Å². The Morgan fingerprint density at radius 2 is 2.31 bits per heavy atom. The van der Waals surface area contributed by atoms with E-state index in [1.165, 1.54) is 0 Å². The van der Waals surface area contributed by atoms with Gasteiger partial charge in [0.05, 0.1) is 0 Å².